The molecule has 2 aliphatic rings. The first kappa shape index (κ1) is 10.5. The summed E-state index contributed by atoms with van der Waals surface area (Å²) in [5.74, 6) is -0.432. The molecule has 0 aliphatic carbocycles. The van der Waals surface area contributed by atoms with Gasteiger partial charge in [-0.2, -0.15) is 0 Å². The van der Waals surface area contributed by atoms with Crippen LogP contribution in [0.5, 0.6) is 0 Å². The number of esters is 1. The summed E-state index contributed by atoms with van der Waals surface area (Å²) < 4.78 is 4.60. The highest BCUT2D eigenvalue weighted by atomic mass is 35.5. The van der Waals surface area contributed by atoms with Gasteiger partial charge >= 0.3 is 5.97 Å². The average Bonchev–Trinajstić information content (AvgIpc) is 2.60. The maximum Gasteiger partial charge on any atom is 0.333 e. The zero-order valence-corrected chi connectivity index (χ0v) is 8.15. The zero-order chi connectivity index (χ0) is 8.77. The van der Waals surface area contributed by atoms with Crippen molar-refractivity contribution in [2.45, 2.75) is 30.8 Å². The molecule has 0 radical (unpaired) electrons. The Morgan fingerprint density at radius 1 is 1.69 bits per heavy atom. The van der Waals surface area contributed by atoms with Crippen molar-refractivity contribution in [3.63, 3.8) is 0 Å². The third kappa shape index (κ3) is 1.25. The zero-order valence-electron chi connectivity index (χ0n) is 7.33. The highest BCUT2D eigenvalue weighted by Crippen LogP contribution is 2.35. The Hall–Kier alpha value is -0.610. The van der Waals surface area contributed by atoms with Gasteiger partial charge in [-0.25, -0.2) is 4.79 Å². The Morgan fingerprint density at radius 2 is 2.38 bits per heavy atom. The first-order chi connectivity index (χ1) is 5.69. The molecule has 2 unspecified atom stereocenters. The summed E-state index contributed by atoms with van der Waals surface area (Å²) in [6, 6.07) is 0.205. The number of nitrogens with one attached hydrogen (secondary N) is 1. The molecule has 0 aromatic rings. The number of Topliss-reactive ketones (excluding diaryl/α,β-unsaturated/α-hetero) is 1. The third-order valence-electron chi connectivity index (χ3n) is 2.76. The largest absolute Gasteiger partial charge is 0.467 e. The Balaban J connectivity index is 0.000000845. The van der Waals surface area contributed by atoms with Gasteiger partial charge in [0, 0.05) is 12.5 Å². The van der Waals surface area contributed by atoms with Gasteiger partial charge in [-0.15, -0.1) is 12.4 Å². The smallest absolute Gasteiger partial charge is 0.333 e. The second kappa shape index (κ2) is 3.27. The molecule has 2 fully saturated rings. The van der Waals surface area contributed by atoms with Crippen LogP contribution in [0.25, 0.3) is 0 Å². The molecule has 0 aromatic carbocycles. The van der Waals surface area contributed by atoms with Crippen LogP contribution in [0.4, 0.5) is 0 Å². The standard InChI is InChI=1S/C8H11NO3.ClH/c1-12-7(11)8-3-2-5(9-8)4-6(8)10;/h5,9H,2-4H2,1H3;1H. The molecule has 0 aromatic heterocycles. The molecular weight excluding hydrogens is 194 g/mol. The third-order valence-corrected chi connectivity index (χ3v) is 2.76. The minimum atomic E-state index is -0.973. The van der Waals surface area contributed by atoms with Crippen molar-refractivity contribution in [2.24, 2.45) is 0 Å². The van der Waals surface area contributed by atoms with E-state index < -0.39 is 11.5 Å². The van der Waals surface area contributed by atoms with Gasteiger partial charge < -0.3 is 4.74 Å². The number of hydrogen-bond donors (Lipinski definition) is 1. The van der Waals surface area contributed by atoms with Gasteiger partial charge in [-0.1, -0.05) is 0 Å². The van der Waals surface area contributed by atoms with Crippen LogP contribution in [0.15, 0.2) is 0 Å². The van der Waals surface area contributed by atoms with Crippen molar-refractivity contribution in [1.29, 1.82) is 0 Å². The maximum absolute atomic E-state index is 11.4. The number of halogens is 1. The Bertz CT molecular complexity index is 256. The van der Waals surface area contributed by atoms with Crippen molar-refractivity contribution >= 4 is 24.2 Å². The molecule has 74 valence electrons. The summed E-state index contributed by atoms with van der Waals surface area (Å²) in [5.41, 5.74) is -0.973. The van der Waals surface area contributed by atoms with Crippen LogP contribution >= 0.6 is 12.4 Å². The van der Waals surface area contributed by atoms with Crippen LogP contribution in [-0.4, -0.2) is 30.4 Å². The van der Waals surface area contributed by atoms with Crippen LogP contribution in [0.2, 0.25) is 0 Å². The molecule has 2 aliphatic heterocycles. The number of hydrogen-bond acceptors (Lipinski definition) is 4. The Labute approximate surface area is 82.4 Å². The van der Waals surface area contributed by atoms with Crippen molar-refractivity contribution in [3.8, 4) is 0 Å². The molecule has 0 saturated carbocycles. The quantitative estimate of drug-likeness (QED) is 0.485. The second-order valence-corrected chi connectivity index (χ2v) is 3.40. The number of fused-ring (bicyclic) bond motifs is 2. The minimum Gasteiger partial charge on any atom is -0.467 e. The van der Waals surface area contributed by atoms with E-state index in [1.165, 1.54) is 7.11 Å². The first-order valence-corrected chi connectivity index (χ1v) is 4.08. The van der Waals surface area contributed by atoms with E-state index in [-0.39, 0.29) is 24.2 Å². The highest BCUT2D eigenvalue weighted by Gasteiger charge is 2.57. The molecule has 2 heterocycles. The van der Waals surface area contributed by atoms with Crippen LogP contribution in [-0.2, 0) is 14.3 Å². The van der Waals surface area contributed by atoms with Crippen LogP contribution in [0.3, 0.4) is 0 Å². The lowest BCUT2D eigenvalue weighted by atomic mass is 9.87. The lowest BCUT2D eigenvalue weighted by Gasteiger charge is -2.20. The normalized spacial score (nSPS) is 35.8. The van der Waals surface area contributed by atoms with Gasteiger partial charge in [0.05, 0.1) is 7.11 Å². The van der Waals surface area contributed by atoms with Gasteiger partial charge in [-0.05, 0) is 12.8 Å². The van der Waals surface area contributed by atoms with E-state index in [0.717, 1.165) is 6.42 Å². The van der Waals surface area contributed by atoms with Gasteiger partial charge in [0.2, 0.25) is 0 Å². The fourth-order valence-electron chi connectivity index (χ4n) is 2.10. The maximum atomic E-state index is 11.4. The summed E-state index contributed by atoms with van der Waals surface area (Å²) in [6.07, 6.45) is 1.99. The molecule has 0 amide bonds. The lowest BCUT2D eigenvalue weighted by Crippen LogP contribution is -2.50. The van der Waals surface area contributed by atoms with Crippen LogP contribution < -0.4 is 5.32 Å². The number of ether oxygens (including phenoxy) is 1. The summed E-state index contributed by atoms with van der Waals surface area (Å²) in [4.78, 5) is 22.7. The van der Waals surface area contributed by atoms with Crippen LogP contribution in [0, 0.1) is 0 Å². The predicted molar refractivity (Wildman–Crippen MR) is 47.8 cm³/mol. The summed E-state index contributed by atoms with van der Waals surface area (Å²) in [6.45, 7) is 0. The molecule has 2 saturated heterocycles. The predicted octanol–water partition coefficient (Wildman–Crippen LogP) is 0.0448. The molecule has 5 heteroatoms. The number of methoxy groups -OCH3 is 1. The van der Waals surface area contributed by atoms with Gasteiger partial charge in [-0.3, -0.25) is 10.1 Å². The minimum absolute atomic E-state index is 0. The van der Waals surface area contributed by atoms with Crippen molar-refractivity contribution in [1.82, 2.24) is 5.32 Å². The first-order valence-electron chi connectivity index (χ1n) is 4.08. The van der Waals surface area contributed by atoms with Gasteiger partial charge in [0.1, 0.15) is 0 Å². The summed E-state index contributed by atoms with van der Waals surface area (Å²) in [7, 11) is 1.32. The van der Waals surface area contributed by atoms with E-state index in [0.29, 0.717) is 12.8 Å². The fraction of sp³-hybridized carbons (Fsp3) is 0.750. The molecule has 1 N–H and O–H groups in total. The molecule has 2 rings (SSSR count). The topological polar surface area (TPSA) is 55.4 Å². The van der Waals surface area contributed by atoms with E-state index in [1.54, 1.807) is 0 Å². The highest BCUT2D eigenvalue weighted by molar-refractivity contribution is 6.11. The lowest BCUT2D eigenvalue weighted by molar-refractivity contribution is -0.151. The number of rotatable bonds is 1. The molecule has 2 atom stereocenters. The Morgan fingerprint density at radius 3 is 2.77 bits per heavy atom. The molecule has 0 spiro atoms. The van der Waals surface area contributed by atoms with E-state index in [1.807, 2.05) is 0 Å². The fourth-order valence-corrected chi connectivity index (χ4v) is 2.10. The molecule has 4 nitrogen and oxygen atoms in total. The molecule has 13 heavy (non-hydrogen) atoms. The second-order valence-electron chi connectivity index (χ2n) is 3.40. The van der Waals surface area contributed by atoms with Crippen molar-refractivity contribution in [2.75, 3.05) is 7.11 Å². The molecule has 2 bridgehead atoms. The van der Waals surface area contributed by atoms with E-state index in [4.69, 9.17) is 0 Å². The van der Waals surface area contributed by atoms with E-state index in [9.17, 15) is 9.59 Å². The average molecular weight is 206 g/mol. The number of ketones is 1. The van der Waals surface area contributed by atoms with Gasteiger partial charge in [0.25, 0.3) is 0 Å². The Kier molecular flexibility index (Phi) is 2.63. The van der Waals surface area contributed by atoms with Crippen molar-refractivity contribution < 1.29 is 14.3 Å². The van der Waals surface area contributed by atoms with Gasteiger partial charge in [0.15, 0.2) is 11.3 Å². The monoisotopic (exact) mass is 205 g/mol. The van der Waals surface area contributed by atoms with Crippen molar-refractivity contribution in [3.05, 3.63) is 0 Å². The van der Waals surface area contributed by atoms with E-state index >= 15 is 0 Å². The summed E-state index contributed by atoms with van der Waals surface area (Å²) in [5, 5.41) is 3.02. The summed E-state index contributed by atoms with van der Waals surface area (Å²) >= 11 is 0. The van der Waals surface area contributed by atoms with Crippen LogP contribution in [0.1, 0.15) is 19.3 Å². The van der Waals surface area contributed by atoms with E-state index in [2.05, 4.69) is 10.1 Å². The number of carbonyl (C=O) groups is 2. The SMILES string of the molecule is COC(=O)C12CCC(CC1=O)N2.Cl. The molecular formula is C8H12ClNO3. The number of carbonyl (C=O) groups excluding carboxylic acids is 2.